The third kappa shape index (κ3) is 4.97. The lowest BCUT2D eigenvalue weighted by Crippen LogP contribution is -2.33. The number of anilines is 1. The van der Waals surface area contributed by atoms with Crippen LogP contribution >= 0.6 is 23.7 Å². The van der Waals surface area contributed by atoms with E-state index in [1.165, 1.54) is 11.3 Å². The maximum atomic E-state index is 13.1. The van der Waals surface area contributed by atoms with E-state index in [9.17, 15) is 4.79 Å². The van der Waals surface area contributed by atoms with Crippen LogP contribution in [-0.4, -0.2) is 50.1 Å². The van der Waals surface area contributed by atoms with Crippen LogP contribution in [0.1, 0.15) is 16.8 Å². The fraction of sp³-hybridized carbons (Fsp3) is 0.300. The molecule has 7 heteroatoms. The number of fused-ring (bicyclic) bond motifs is 1. The van der Waals surface area contributed by atoms with Gasteiger partial charge in [-0.25, -0.2) is 4.98 Å². The van der Waals surface area contributed by atoms with Crippen LogP contribution in [0.4, 0.5) is 5.13 Å². The predicted octanol–water partition coefficient (Wildman–Crippen LogP) is 4.33. The number of aromatic nitrogens is 1. The summed E-state index contributed by atoms with van der Waals surface area (Å²) in [5, 5.41) is 0.706. The first kappa shape index (κ1) is 21.2. The van der Waals surface area contributed by atoms with Crippen LogP contribution < -0.4 is 9.64 Å². The van der Waals surface area contributed by atoms with Crippen molar-refractivity contribution in [3.63, 3.8) is 0 Å². The second-order valence-corrected chi connectivity index (χ2v) is 7.29. The summed E-state index contributed by atoms with van der Waals surface area (Å²) < 4.78 is 6.42. The molecule has 0 aliphatic heterocycles. The largest absolute Gasteiger partial charge is 0.494 e. The van der Waals surface area contributed by atoms with Gasteiger partial charge in [-0.2, -0.15) is 0 Å². The molecule has 2 aromatic carbocycles. The molecule has 3 rings (SSSR count). The average Bonchev–Trinajstić information content (AvgIpc) is 3.09. The molecule has 0 fully saturated rings. The molecular formula is C20H24ClN3O2S. The van der Waals surface area contributed by atoms with E-state index in [4.69, 9.17) is 9.72 Å². The number of para-hydroxylation sites is 1. The van der Waals surface area contributed by atoms with Gasteiger partial charge in [-0.3, -0.25) is 9.69 Å². The maximum absolute atomic E-state index is 13.1. The van der Waals surface area contributed by atoms with E-state index in [1.807, 2.05) is 62.6 Å². The van der Waals surface area contributed by atoms with Crippen molar-refractivity contribution < 1.29 is 9.53 Å². The third-order valence-electron chi connectivity index (χ3n) is 4.07. The van der Waals surface area contributed by atoms with Crippen LogP contribution in [0.15, 0.2) is 48.5 Å². The van der Waals surface area contributed by atoms with Crippen LogP contribution in [-0.2, 0) is 0 Å². The smallest absolute Gasteiger partial charge is 0.260 e. The Hall–Kier alpha value is -2.15. The van der Waals surface area contributed by atoms with Crippen LogP contribution in [0.3, 0.4) is 0 Å². The molecule has 0 bridgehead atoms. The first-order valence-electron chi connectivity index (χ1n) is 8.55. The summed E-state index contributed by atoms with van der Waals surface area (Å²) in [5.41, 5.74) is 1.47. The topological polar surface area (TPSA) is 45.7 Å². The van der Waals surface area contributed by atoms with Gasteiger partial charge in [-0.15, -0.1) is 12.4 Å². The molecule has 1 aromatic heterocycles. The number of thiazole rings is 1. The minimum absolute atomic E-state index is 0. The molecule has 0 spiro atoms. The number of methoxy groups -OCH3 is 1. The van der Waals surface area contributed by atoms with Gasteiger partial charge in [0, 0.05) is 12.1 Å². The van der Waals surface area contributed by atoms with Crippen molar-refractivity contribution in [2.75, 3.05) is 39.2 Å². The summed E-state index contributed by atoms with van der Waals surface area (Å²) in [6, 6.07) is 15.2. The monoisotopic (exact) mass is 405 g/mol. The summed E-state index contributed by atoms with van der Waals surface area (Å²) in [6.07, 6.45) is 0.874. The Morgan fingerprint density at radius 3 is 2.48 bits per heavy atom. The molecule has 144 valence electrons. The minimum Gasteiger partial charge on any atom is -0.494 e. The Bertz CT molecular complexity index is 883. The summed E-state index contributed by atoms with van der Waals surface area (Å²) in [6.45, 7) is 1.53. The number of carbonyl (C=O) groups excluding carboxylic acids is 1. The predicted molar refractivity (Wildman–Crippen MR) is 115 cm³/mol. The number of carbonyl (C=O) groups is 1. The third-order valence-corrected chi connectivity index (χ3v) is 5.12. The Labute approximate surface area is 170 Å². The van der Waals surface area contributed by atoms with E-state index in [0.29, 0.717) is 17.2 Å². The highest BCUT2D eigenvalue weighted by Crippen LogP contribution is 2.34. The van der Waals surface area contributed by atoms with Gasteiger partial charge in [-0.05, 0) is 51.3 Å². The minimum atomic E-state index is -0.0256. The van der Waals surface area contributed by atoms with E-state index >= 15 is 0 Å². The van der Waals surface area contributed by atoms with Gasteiger partial charge in [0.2, 0.25) is 0 Å². The van der Waals surface area contributed by atoms with Gasteiger partial charge in [0.1, 0.15) is 11.3 Å². The lowest BCUT2D eigenvalue weighted by Gasteiger charge is -2.21. The van der Waals surface area contributed by atoms with Crippen LogP contribution in [0.5, 0.6) is 5.75 Å². The normalized spacial score (nSPS) is 10.7. The van der Waals surface area contributed by atoms with E-state index in [1.54, 1.807) is 12.0 Å². The summed E-state index contributed by atoms with van der Waals surface area (Å²) in [5.74, 6) is 0.702. The SMILES string of the molecule is COc1cccc2sc(N(CCCN(C)C)C(=O)c3ccccc3)nc12.Cl. The van der Waals surface area contributed by atoms with Crippen molar-refractivity contribution in [1.29, 1.82) is 0 Å². The highest BCUT2D eigenvalue weighted by atomic mass is 35.5. The van der Waals surface area contributed by atoms with Gasteiger partial charge < -0.3 is 9.64 Å². The van der Waals surface area contributed by atoms with Crippen molar-refractivity contribution >= 4 is 45.0 Å². The second-order valence-electron chi connectivity index (χ2n) is 6.28. The van der Waals surface area contributed by atoms with Crippen molar-refractivity contribution in [2.24, 2.45) is 0 Å². The zero-order chi connectivity index (χ0) is 18.5. The van der Waals surface area contributed by atoms with E-state index in [-0.39, 0.29) is 18.3 Å². The highest BCUT2D eigenvalue weighted by molar-refractivity contribution is 7.22. The number of hydrogen-bond donors (Lipinski definition) is 0. The summed E-state index contributed by atoms with van der Waals surface area (Å²) in [7, 11) is 5.70. The molecule has 3 aromatic rings. The Kier molecular flexibility index (Phi) is 7.59. The molecule has 0 saturated carbocycles. The maximum Gasteiger partial charge on any atom is 0.260 e. The van der Waals surface area contributed by atoms with Crippen molar-refractivity contribution in [2.45, 2.75) is 6.42 Å². The zero-order valence-corrected chi connectivity index (χ0v) is 17.3. The van der Waals surface area contributed by atoms with Gasteiger partial charge in [0.15, 0.2) is 5.13 Å². The lowest BCUT2D eigenvalue weighted by atomic mass is 10.2. The van der Waals surface area contributed by atoms with E-state index in [2.05, 4.69) is 4.90 Å². The zero-order valence-electron chi connectivity index (χ0n) is 15.7. The number of rotatable bonds is 7. The van der Waals surface area contributed by atoms with Gasteiger partial charge in [0.05, 0.1) is 11.8 Å². The molecule has 0 atom stereocenters. The van der Waals surface area contributed by atoms with Gasteiger partial charge in [-0.1, -0.05) is 35.6 Å². The second kappa shape index (κ2) is 9.69. The molecule has 1 heterocycles. The molecule has 5 nitrogen and oxygen atoms in total. The van der Waals surface area contributed by atoms with Crippen LogP contribution in [0, 0.1) is 0 Å². The average molecular weight is 406 g/mol. The van der Waals surface area contributed by atoms with Crippen molar-refractivity contribution in [3.8, 4) is 5.75 Å². The van der Waals surface area contributed by atoms with E-state index in [0.717, 1.165) is 28.9 Å². The first-order chi connectivity index (χ1) is 12.6. The number of amides is 1. The molecular weight excluding hydrogens is 382 g/mol. The summed E-state index contributed by atoms with van der Waals surface area (Å²) in [4.78, 5) is 21.7. The van der Waals surface area contributed by atoms with Crippen molar-refractivity contribution in [3.05, 3.63) is 54.1 Å². The fourth-order valence-corrected chi connectivity index (χ4v) is 3.76. The molecule has 0 aliphatic carbocycles. The Morgan fingerprint density at radius 1 is 1.07 bits per heavy atom. The number of nitrogens with zero attached hydrogens (tertiary/aromatic N) is 3. The van der Waals surface area contributed by atoms with E-state index < -0.39 is 0 Å². The molecule has 0 aliphatic rings. The molecule has 0 unspecified atom stereocenters. The number of halogens is 1. The number of benzene rings is 2. The lowest BCUT2D eigenvalue weighted by molar-refractivity contribution is 0.0986. The molecule has 0 radical (unpaired) electrons. The molecule has 0 N–H and O–H groups in total. The van der Waals surface area contributed by atoms with Gasteiger partial charge in [0.25, 0.3) is 5.91 Å². The molecule has 0 saturated heterocycles. The Morgan fingerprint density at radius 2 is 1.81 bits per heavy atom. The quantitative estimate of drug-likeness (QED) is 0.587. The summed E-state index contributed by atoms with van der Waals surface area (Å²) >= 11 is 1.52. The number of hydrogen-bond acceptors (Lipinski definition) is 5. The molecule has 1 amide bonds. The van der Waals surface area contributed by atoms with Crippen molar-refractivity contribution in [1.82, 2.24) is 9.88 Å². The number of ether oxygens (including phenoxy) is 1. The Balaban J connectivity index is 0.00000261. The van der Waals surface area contributed by atoms with Crippen LogP contribution in [0.2, 0.25) is 0 Å². The molecule has 27 heavy (non-hydrogen) atoms. The van der Waals surface area contributed by atoms with Crippen LogP contribution in [0.25, 0.3) is 10.2 Å². The highest BCUT2D eigenvalue weighted by Gasteiger charge is 2.21. The standard InChI is InChI=1S/C20H23N3O2S.ClH/c1-22(2)13-8-14-23(19(24)15-9-5-4-6-10-15)20-21-18-16(25-3)11-7-12-17(18)26-20;/h4-7,9-12H,8,13-14H2,1-3H3;1H. The first-order valence-corrected chi connectivity index (χ1v) is 9.37. The fourth-order valence-electron chi connectivity index (χ4n) is 2.76. The van der Waals surface area contributed by atoms with Gasteiger partial charge >= 0.3 is 0 Å².